The lowest BCUT2D eigenvalue weighted by Crippen LogP contribution is -2.48. The molecule has 1 fully saturated rings. The Labute approximate surface area is 180 Å². The molecule has 29 heavy (non-hydrogen) atoms. The van der Waals surface area contributed by atoms with E-state index in [0.29, 0.717) is 24.0 Å². The molecule has 1 aromatic carbocycles. The molecule has 0 spiro atoms. The van der Waals surface area contributed by atoms with Crippen molar-refractivity contribution >= 4 is 38.9 Å². The zero-order valence-corrected chi connectivity index (χ0v) is 18.5. The molecule has 10 heteroatoms. The quantitative estimate of drug-likeness (QED) is 0.656. The minimum atomic E-state index is -3.73. The van der Waals surface area contributed by atoms with Gasteiger partial charge >= 0.3 is 0 Å². The Morgan fingerprint density at radius 3 is 2.76 bits per heavy atom. The van der Waals surface area contributed by atoms with Gasteiger partial charge in [-0.1, -0.05) is 41.9 Å². The number of benzene rings is 1. The summed E-state index contributed by atoms with van der Waals surface area (Å²) in [5.74, 6) is -0.373. The van der Waals surface area contributed by atoms with Crippen LogP contribution in [0.25, 0.3) is 0 Å². The SMILES string of the molecule is CN(CC(=O)NCC1CN(Cc2ccccc2)CCO1)S(=O)(=O)c1ccc(Cl)s1. The highest BCUT2D eigenvalue weighted by Crippen LogP contribution is 2.27. The number of likely N-dealkylation sites (N-methyl/N-ethyl adjacent to an activating group) is 1. The van der Waals surface area contributed by atoms with E-state index in [9.17, 15) is 13.2 Å². The normalized spacial score (nSPS) is 18.1. The molecule has 1 aliphatic rings. The van der Waals surface area contributed by atoms with E-state index in [1.54, 1.807) is 0 Å². The molecule has 0 radical (unpaired) electrons. The van der Waals surface area contributed by atoms with Crippen LogP contribution in [0.4, 0.5) is 0 Å². The van der Waals surface area contributed by atoms with Gasteiger partial charge in [0.1, 0.15) is 4.21 Å². The minimum Gasteiger partial charge on any atom is -0.374 e. The Kier molecular flexibility index (Phi) is 7.66. The van der Waals surface area contributed by atoms with Crippen molar-refractivity contribution in [1.82, 2.24) is 14.5 Å². The average Bonchev–Trinajstić information content (AvgIpc) is 3.15. The van der Waals surface area contributed by atoms with Gasteiger partial charge in [0.2, 0.25) is 5.91 Å². The summed E-state index contributed by atoms with van der Waals surface area (Å²) in [4.78, 5) is 14.5. The standard InChI is InChI=1S/C19H24ClN3O4S2/c1-22(29(25,26)19-8-7-17(20)28-19)14-18(24)21-11-16-13-23(9-10-27-16)12-15-5-3-2-4-6-15/h2-8,16H,9-14H2,1H3,(H,21,24). The van der Waals surface area contributed by atoms with Crippen LogP contribution in [0.2, 0.25) is 4.34 Å². The third kappa shape index (κ3) is 6.24. The number of morpholine rings is 1. The van der Waals surface area contributed by atoms with Crippen molar-refractivity contribution in [1.29, 1.82) is 0 Å². The van der Waals surface area contributed by atoms with Gasteiger partial charge in [-0.15, -0.1) is 11.3 Å². The maximum Gasteiger partial charge on any atom is 0.252 e. The van der Waals surface area contributed by atoms with Crippen LogP contribution < -0.4 is 5.32 Å². The van der Waals surface area contributed by atoms with Crippen molar-refractivity contribution < 1.29 is 17.9 Å². The summed E-state index contributed by atoms with van der Waals surface area (Å²) in [7, 11) is -2.36. The molecule has 158 valence electrons. The molecule has 1 aliphatic heterocycles. The number of halogens is 1. The molecule has 0 saturated carbocycles. The van der Waals surface area contributed by atoms with Crippen LogP contribution in [-0.4, -0.2) is 69.5 Å². The molecule has 1 atom stereocenters. The molecule has 0 bridgehead atoms. The molecule has 0 aliphatic carbocycles. The van der Waals surface area contributed by atoms with E-state index in [4.69, 9.17) is 16.3 Å². The molecule has 1 unspecified atom stereocenters. The Balaban J connectivity index is 1.46. The number of hydrogen-bond donors (Lipinski definition) is 1. The smallest absolute Gasteiger partial charge is 0.252 e. The molecular weight excluding hydrogens is 434 g/mol. The fourth-order valence-electron chi connectivity index (χ4n) is 3.05. The van der Waals surface area contributed by atoms with Crippen LogP contribution in [0, 0.1) is 0 Å². The van der Waals surface area contributed by atoms with Gasteiger partial charge in [-0.2, -0.15) is 4.31 Å². The summed E-state index contributed by atoms with van der Waals surface area (Å²) in [5.41, 5.74) is 1.23. The predicted molar refractivity (Wildman–Crippen MR) is 114 cm³/mol. The minimum absolute atomic E-state index is 0.116. The number of hydrogen-bond acceptors (Lipinski definition) is 6. The first-order chi connectivity index (χ1) is 13.8. The highest BCUT2D eigenvalue weighted by Gasteiger charge is 2.26. The van der Waals surface area contributed by atoms with Gasteiger partial charge < -0.3 is 10.1 Å². The van der Waals surface area contributed by atoms with Gasteiger partial charge in [-0.25, -0.2) is 8.42 Å². The number of nitrogens with zero attached hydrogens (tertiary/aromatic N) is 2. The first-order valence-electron chi connectivity index (χ1n) is 9.21. The third-order valence-corrected chi connectivity index (χ3v) is 8.08. The zero-order valence-electron chi connectivity index (χ0n) is 16.1. The van der Waals surface area contributed by atoms with Gasteiger partial charge in [-0.05, 0) is 17.7 Å². The van der Waals surface area contributed by atoms with Crippen molar-refractivity contribution in [3.05, 3.63) is 52.4 Å². The monoisotopic (exact) mass is 457 g/mol. The highest BCUT2D eigenvalue weighted by atomic mass is 35.5. The van der Waals surface area contributed by atoms with Gasteiger partial charge in [0.05, 0.1) is 23.6 Å². The zero-order chi connectivity index (χ0) is 20.9. The number of carbonyl (C=O) groups is 1. The molecule has 2 aromatic rings. The summed E-state index contributed by atoms with van der Waals surface area (Å²) in [5, 5.41) is 2.78. The van der Waals surface area contributed by atoms with Crippen LogP contribution in [0.5, 0.6) is 0 Å². The second-order valence-electron chi connectivity index (χ2n) is 6.84. The van der Waals surface area contributed by atoms with Crippen LogP contribution in [0.15, 0.2) is 46.7 Å². The van der Waals surface area contributed by atoms with Gasteiger partial charge in [-0.3, -0.25) is 9.69 Å². The second kappa shape index (κ2) is 10.0. The Morgan fingerprint density at radius 2 is 2.07 bits per heavy atom. The second-order valence-corrected chi connectivity index (χ2v) is 10.8. The lowest BCUT2D eigenvalue weighted by Gasteiger charge is -2.33. The molecule has 7 nitrogen and oxygen atoms in total. The van der Waals surface area contributed by atoms with E-state index in [2.05, 4.69) is 22.3 Å². The average molecular weight is 458 g/mol. The van der Waals surface area contributed by atoms with E-state index in [0.717, 1.165) is 28.7 Å². The molecule has 1 N–H and O–H groups in total. The summed E-state index contributed by atoms with van der Waals surface area (Å²) < 4.78 is 32.2. The molecule has 1 aromatic heterocycles. The third-order valence-electron chi connectivity index (χ3n) is 4.58. The highest BCUT2D eigenvalue weighted by molar-refractivity contribution is 7.91. The van der Waals surface area contributed by atoms with Crippen molar-refractivity contribution in [2.24, 2.45) is 0 Å². The number of nitrogens with one attached hydrogen (secondary N) is 1. The van der Waals surface area contributed by atoms with E-state index < -0.39 is 10.0 Å². The van der Waals surface area contributed by atoms with E-state index in [1.807, 2.05) is 18.2 Å². The van der Waals surface area contributed by atoms with Crippen molar-refractivity contribution in [2.75, 3.05) is 39.8 Å². The fourth-order valence-corrected chi connectivity index (χ4v) is 5.87. The summed E-state index contributed by atoms with van der Waals surface area (Å²) in [6.45, 7) is 3.04. The molecule has 2 heterocycles. The van der Waals surface area contributed by atoms with Crippen molar-refractivity contribution in [3.63, 3.8) is 0 Å². The van der Waals surface area contributed by atoms with Crippen molar-refractivity contribution in [2.45, 2.75) is 16.9 Å². The molecule has 3 rings (SSSR count). The van der Waals surface area contributed by atoms with Crippen LogP contribution in [0.3, 0.4) is 0 Å². The van der Waals surface area contributed by atoms with Crippen LogP contribution in [-0.2, 0) is 26.1 Å². The predicted octanol–water partition coefficient (Wildman–Crippen LogP) is 2.04. The van der Waals surface area contributed by atoms with E-state index >= 15 is 0 Å². The maximum absolute atomic E-state index is 12.5. The number of rotatable bonds is 8. The lowest BCUT2D eigenvalue weighted by atomic mass is 10.2. The van der Waals surface area contributed by atoms with Gasteiger partial charge in [0.15, 0.2) is 0 Å². The van der Waals surface area contributed by atoms with Crippen molar-refractivity contribution in [3.8, 4) is 0 Å². The fraction of sp³-hybridized carbons (Fsp3) is 0.421. The maximum atomic E-state index is 12.5. The van der Waals surface area contributed by atoms with Gasteiger partial charge in [0.25, 0.3) is 10.0 Å². The largest absolute Gasteiger partial charge is 0.374 e. The number of thiophene rings is 1. The molecular formula is C19H24ClN3O4S2. The topological polar surface area (TPSA) is 79.0 Å². The Morgan fingerprint density at radius 1 is 1.31 bits per heavy atom. The number of carbonyl (C=O) groups excluding carboxylic acids is 1. The summed E-state index contributed by atoms with van der Waals surface area (Å²) >= 11 is 6.78. The van der Waals surface area contributed by atoms with Crippen LogP contribution >= 0.6 is 22.9 Å². The van der Waals surface area contributed by atoms with Gasteiger partial charge in [0, 0.05) is 33.2 Å². The molecule has 1 amide bonds. The lowest BCUT2D eigenvalue weighted by molar-refractivity contribution is -0.122. The first-order valence-corrected chi connectivity index (χ1v) is 11.8. The van der Waals surface area contributed by atoms with E-state index in [-0.39, 0.29) is 22.8 Å². The number of amides is 1. The number of sulfonamides is 1. The molecule has 1 saturated heterocycles. The Hall–Kier alpha value is -1.49. The summed E-state index contributed by atoms with van der Waals surface area (Å²) in [6, 6.07) is 13.2. The Bertz CT molecular complexity index is 921. The van der Waals surface area contributed by atoms with Crippen LogP contribution in [0.1, 0.15) is 5.56 Å². The number of ether oxygens (including phenoxy) is 1. The van der Waals surface area contributed by atoms with E-state index in [1.165, 1.54) is 24.7 Å². The first kappa shape index (κ1) is 22.2. The summed E-state index contributed by atoms with van der Waals surface area (Å²) in [6.07, 6.45) is -0.130.